The number of hydrogen-bond donors (Lipinski definition) is 2. The van der Waals surface area contributed by atoms with Gasteiger partial charge in [-0.1, -0.05) is 42.3 Å². The van der Waals surface area contributed by atoms with E-state index in [1.807, 2.05) is 6.07 Å². The van der Waals surface area contributed by atoms with Gasteiger partial charge in [0.25, 0.3) is 0 Å². The van der Waals surface area contributed by atoms with Crippen molar-refractivity contribution in [3.05, 3.63) is 62.6 Å². The van der Waals surface area contributed by atoms with Crippen molar-refractivity contribution in [1.82, 2.24) is 5.32 Å². The molecule has 0 amide bonds. The molecule has 25 heavy (non-hydrogen) atoms. The standard InChI is InChI=1S/C21H26Cl2N2/c1-4-20(16-9-13(2)21(23)14(3)10-16)25-18-5-6-19(22)15(12-18)11-17-7-8-24-17/h5-6,9-10,12,17,20,24-25H,4,7-8,11H2,1-3H3/t17?,20-/m1/s1. The number of benzene rings is 2. The molecule has 0 spiro atoms. The highest BCUT2D eigenvalue weighted by molar-refractivity contribution is 6.32. The summed E-state index contributed by atoms with van der Waals surface area (Å²) in [7, 11) is 0. The molecule has 2 N–H and O–H groups in total. The molecule has 0 aromatic heterocycles. The van der Waals surface area contributed by atoms with Crippen molar-refractivity contribution in [2.75, 3.05) is 11.9 Å². The van der Waals surface area contributed by atoms with Gasteiger partial charge >= 0.3 is 0 Å². The number of hydrogen-bond acceptors (Lipinski definition) is 2. The molecule has 1 saturated heterocycles. The van der Waals surface area contributed by atoms with Gasteiger partial charge in [0.15, 0.2) is 0 Å². The maximum Gasteiger partial charge on any atom is 0.0511 e. The van der Waals surface area contributed by atoms with E-state index in [4.69, 9.17) is 23.2 Å². The van der Waals surface area contributed by atoms with Crippen molar-refractivity contribution in [3.8, 4) is 0 Å². The van der Waals surface area contributed by atoms with E-state index in [2.05, 4.69) is 55.7 Å². The topological polar surface area (TPSA) is 24.1 Å². The molecule has 1 aliphatic heterocycles. The Morgan fingerprint density at radius 1 is 1.16 bits per heavy atom. The van der Waals surface area contributed by atoms with E-state index in [1.54, 1.807) is 0 Å². The first-order chi connectivity index (χ1) is 12.0. The smallest absolute Gasteiger partial charge is 0.0511 e. The van der Waals surface area contributed by atoms with Crippen LogP contribution in [-0.4, -0.2) is 12.6 Å². The predicted octanol–water partition coefficient (Wildman–Crippen LogP) is 6.08. The Hall–Kier alpha value is -1.22. The average molecular weight is 377 g/mol. The molecule has 2 aromatic rings. The minimum absolute atomic E-state index is 0.255. The van der Waals surface area contributed by atoms with E-state index in [1.165, 1.54) is 17.5 Å². The lowest BCUT2D eigenvalue weighted by atomic mass is 9.97. The van der Waals surface area contributed by atoms with Crippen molar-refractivity contribution < 1.29 is 0 Å². The van der Waals surface area contributed by atoms with Gasteiger partial charge < -0.3 is 10.6 Å². The second-order valence-corrected chi connectivity index (χ2v) is 7.81. The molecule has 0 bridgehead atoms. The third-order valence-electron chi connectivity index (χ3n) is 5.05. The highest BCUT2D eigenvalue weighted by atomic mass is 35.5. The largest absolute Gasteiger partial charge is 0.378 e. The van der Waals surface area contributed by atoms with Gasteiger partial charge in [-0.2, -0.15) is 0 Å². The fraction of sp³-hybridized carbons (Fsp3) is 0.429. The summed E-state index contributed by atoms with van der Waals surface area (Å²) in [4.78, 5) is 0. The van der Waals surface area contributed by atoms with E-state index in [9.17, 15) is 0 Å². The predicted molar refractivity (Wildman–Crippen MR) is 109 cm³/mol. The molecular weight excluding hydrogens is 351 g/mol. The van der Waals surface area contributed by atoms with E-state index < -0.39 is 0 Å². The third kappa shape index (κ3) is 4.31. The van der Waals surface area contributed by atoms with Crippen molar-refractivity contribution >= 4 is 28.9 Å². The van der Waals surface area contributed by atoms with E-state index >= 15 is 0 Å². The first-order valence-electron chi connectivity index (χ1n) is 9.03. The molecule has 2 nitrogen and oxygen atoms in total. The highest BCUT2D eigenvalue weighted by Crippen LogP contribution is 2.30. The normalized spacial score (nSPS) is 17.9. The zero-order valence-corrected chi connectivity index (χ0v) is 16.6. The Bertz CT molecular complexity index is 731. The van der Waals surface area contributed by atoms with Crippen LogP contribution in [0.5, 0.6) is 0 Å². The molecule has 2 atom stereocenters. The summed E-state index contributed by atoms with van der Waals surface area (Å²) in [5.74, 6) is 0. The molecule has 3 rings (SSSR count). The van der Waals surface area contributed by atoms with Gasteiger partial charge in [-0.25, -0.2) is 0 Å². The fourth-order valence-corrected chi connectivity index (χ4v) is 3.72. The SMILES string of the molecule is CC[C@@H](Nc1ccc(Cl)c(CC2CCN2)c1)c1cc(C)c(Cl)c(C)c1. The van der Waals surface area contributed by atoms with Gasteiger partial charge in [0.1, 0.15) is 0 Å². The van der Waals surface area contributed by atoms with Crippen LogP contribution in [0.2, 0.25) is 10.0 Å². The second kappa shape index (κ2) is 7.99. The van der Waals surface area contributed by atoms with Gasteiger partial charge in [-0.15, -0.1) is 0 Å². The summed E-state index contributed by atoms with van der Waals surface area (Å²) in [5, 5.41) is 8.83. The van der Waals surface area contributed by atoms with Crippen LogP contribution in [0.1, 0.15) is 48.1 Å². The molecule has 1 heterocycles. The van der Waals surface area contributed by atoms with E-state index in [0.29, 0.717) is 6.04 Å². The summed E-state index contributed by atoms with van der Waals surface area (Å²) >= 11 is 12.7. The van der Waals surface area contributed by atoms with Crippen LogP contribution >= 0.6 is 23.2 Å². The molecule has 134 valence electrons. The van der Waals surface area contributed by atoms with Crippen LogP contribution in [0, 0.1) is 13.8 Å². The number of nitrogens with one attached hydrogen (secondary N) is 2. The molecule has 0 aliphatic carbocycles. The molecule has 0 radical (unpaired) electrons. The molecule has 0 saturated carbocycles. The van der Waals surface area contributed by atoms with Crippen molar-refractivity contribution in [3.63, 3.8) is 0 Å². The Balaban J connectivity index is 1.80. The maximum atomic E-state index is 6.40. The second-order valence-electron chi connectivity index (χ2n) is 7.02. The summed E-state index contributed by atoms with van der Waals surface area (Å²) in [6.07, 6.45) is 3.22. The van der Waals surface area contributed by atoms with Gasteiger partial charge in [0, 0.05) is 21.8 Å². The van der Waals surface area contributed by atoms with Gasteiger partial charge in [0.2, 0.25) is 0 Å². The lowest BCUT2D eigenvalue weighted by molar-refractivity contribution is 0.369. The minimum atomic E-state index is 0.255. The van der Waals surface area contributed by atoms with Crippen LogP contribution in [0.4, 0.5) is 5.69 Å². The van der Waals surface area contributed by atoms with Gasteiger partial charge in [0.05, 0.1) is 6.04 Å². The zero-order valence-electron chi connectivity index (χ0n) is 15.1. The molecule has 1 aliphatic rings. The molecule has 4 heteroatoms. The van der Waals surface area contributed by atoms with Crippen LogP contribution in [-0.2, 0) is 6.42 Å². The van der Waals surface area contributed by atoms with Gasteiger partial charge in [-0.05, 0) is 80.1 Å². The van der Waals surface area contributed by atoms with Crippen LogP contribution in [0.15, 0.2) is 30.3 Å². The number of anilines is 1. The molecular formula is C21H26Cl2N2. The van der Waals surface area contributed by atoms with Crippen molar-refractivity contribution in [2.45, 2.75) is 52.1 Å². The Labute approximate surface area is 160 Å². The minimum Gasteiger partial charge on any atom is -0.378 e. The van der Waals surface area contributed by atoms with Crippen molar-refractivity contribution in [1.29, 1.82) is 0 Å². The van der Waals surface area contributed by atoms with Crippen molar-refractivity contribution in [2.24, 2.45) is 0 Å². The van der Waals surface area contributed by atoms with E-state index in [-0.39, 0.29) is 6.04 Å². The molecule has 2 aromatic carbocycles. The average Bonchev–Trinajstić information content (AvgIpc) is 2.55. The number of halogens is 2. The third-order valence-corrected chi connectivity index (χ3v) is 6.01. The quantitative estimate of drug-likeness (QED) is 0.638. The Kier molecular flexibility index (Phi) is 5.93. The zero-order chi connectivity index (χ0) is 18.0. The lowest BCUT2D eigenvalue weighted by Gasteiger charge is -2.28. The summed E-state index contributed by atoms with van der Waals surface area (Å²) in [5.41, 5.74) is 5.87. The summed E-state index contributed by atoms with van der Waals surface area (Å²) < 4.78 is 0. The van der Waals surface area contributed by atoms with Crippen LogP contribution in [0.3, 0.4) is 0 Å². The van der Waals surface area contributed by atoms with Crippen LogP contribution in [0.25, 0.3) is 0 Å². The molecule has 1 unspecified atom stereocenters. The highest BCUT2D eigenvalue weighted by Gasteiger charge is 2.19. The van der Waals surface area contributed by atoms with Crippen LogP contribution < -0.4 is 10.6 Å². The first-order valence-corrected chi connectivity index (χ1v) is 9.78. The summed E-state index contributed by atoms with van der Waals surface area (Å²) in [6.45, 7) is 7.45. The monoisotopic (exact) mass is 376 g/mol. The fourth-order valence-electron chi connectivity index (χ4n) is 3.41. The lowest BCUT2D eigenvalue weighted by Crippen LogP contribution is -2.44. The Morgan fingerprint density at radius 3 is 2.40 bits per heavy atom. The van der Waals surface area contributed by atoms with E-state index in [0.717, 1.165) is 46.2 Å². The number of rotatable bonds is 6. The van der Waals surface area contributed by atoms with Gasteiger partial charge in [-0.3, -0.25) is 0 Å². The molecule has 1 fully saturated rings. The first kappa shape index (κ1) is 18.6. The maximum absolute atomic E-state index is 6.40. The Morgan fingerprint density at radius 2 is 1.84 bits per heavy atom. The number of aryl methyl sites for hydroxylation is 2. The summed E-state index contributed by atoms with van der Waals surface area (Å²) in [6, 6.07) is 11.5.